The highest BCUT2D eigenvalue weighted by atomic mass is 16.5. The second kappa shape index (κ2) is 4.45. The Morgan fingerprint density at radius 1 is 1.17 bits per heavy atom. The lowest BCUT2D eigenvalue weighted by Crippen LogP contribution is -2.00. The van der Waals surface area contributed by atoms with E-state index in [1.165, 1.54) is 0 Å². The van der Waals surface area contributed by atoms with E-state index in [1.54, 1.807) is 0 Å². The summed E-state index contributed by atoms with van der Waals surface area (Å²) in [5.41, 5.74) is 0.842. The van der Waals surface area contributed by atoms with Crippen molar-refractivity contribution in [3.8, 4) is 5.75 Å². The van der Waals surface area contributed by atoms with E-state index in [2.05, 4.69) is 0 Å². The molecule has 2 heteroatoms. The van der Waals surface area contributed by atoms with Crippen molar-refractivity contribution in [3.63, 3.8) is 0 Å². The van der Waals surface area contributed by atoms with Crippen LogP contribution in [-0.2, 0) is 0 Å². The minimum absolute atomic E-state index is 0.283. The second-order valence-electron chi connectivity index (χ2n) is 4.80. The molecule has 3 rings (SSSR count). The van der Waals surface area contributed by atoms with Gasteiger partial charge in [0.25, 0.3) is 0 Å². The predicted octanol–water partition coefficient (Wildman–Crippen LogP) is 3.83. The van der Waals surface area contributed by atoms with Gasteiger partial charge in [-0.15, -0.1) is 0 Å². The molecule has 2 aromatic rings. The molecule has 0 bridgehead atoms. The minimum atomic E-state index is 0.283. The monoisotopic (exact) mass is 240 g/mol. The van der Waals surface area contributed by atoms with Crippen LogP contribution in [0.4, 0.5) is 0 Å². The third-order valence-corrected chi connectivity index (χ3v) is 3.36. The zero-order chi connectivity index (χ0) is 12.5. The third-order valence-electron chi connectivity index (χ3n) is 3.36. The van der Waals surface area contributed by atoms with E-state index in [1.807, 2.05) is 43.3 Å². The van der Waals surface area contributed by atoms with Gasteiger partial charge in [-0.3, -0.25) is 4.79 Å². The fourth-order valence-corrected chi connectivity index (χ4v) is 2.21. The molecule has 0 saturated heterocycles. The normalized spacial score (nSPS) is 14.7. The van der Waals surface area contributed by atoms with Gasteiger partial charge in [0.2, 0.25) is 0 Å². The molecule has 0 aromatic heterocycles. The SMILES string of the molecule is CCOc1ccc2cc(C(=O)C3CC3)ccc2c1. The van der Waals surface area contributed by atoms with Crippen molar-refractivity contribution in [3.05, 3.63) is 42.0 Å². The highest BCUT2D eigenvalue weighted by Gasteiger charge is 2.30. The first kappa shape index (κ1) is 11.3. The number of hydrogen-bond donors (Lipinski definition) is 0. The molecule has 1 aliphatic rings. The molecular weight excluding hydrogens is 224 g/mol. The van der Waals surface area contributed by atoms with Crippen LogP contribution in [0.15, 0.2) is 36.4 Å². The van der Waals surface area contributed by atoms with Crippen molar-refractivity contribution in [2.75, 3.05) is 6.61 Å². The van der Waals surface area contributed by atoms with Crippen LogP contribution in [0, 0.1) is 5.92 Å². The third kappa shape index (κ3) is 2.10. The lowest BCUT2D eigenvalue weighted by Gasteiger charge is -2.06. The molecule has 0 heterocycles. The number of carbonyl (C=O) groups excluding carboxylic acids is 1. The molecule has 1 saturated carbocycles. The Kier molecular flexibility index (Phi) is 2.78. The van der Waals surface area contributed by atoms with Gasteiger partial charge in [0, 0.05) is 11.5 Å². The van der Waals surface area contributed by atoms with Crippen LogP contribution in [0.25, 0.3) is 10.8 Å². The average molecular weight is 240 g/mol. The molecule has 0 spiro atoms. The van der Waals surface area contributed by atoms with E-state index in [4.69, 9.17) is 4.74 Å². The second-order valence-corrected chi connectivity index (χ2v) is 4.80. The molecule has 0 unspecified atom stereocenters. The predicted molar refractivity (Wildman–Crippen MR) is 72.2 cm³/mol. The molecule has 1 fully saturated rings. The van der Waals surface area contributed by atoms with Crippen molar-refractivity contribution in [2.24, 2.45) is 5.92 Å². The first-order valence-electron chi connectivity index (χ1n) is 6.49. The van der Waals surface area contributed by atoms with Gasteiger partial charge in [0.05, 0.1) is 6.61 Å². The Labute approximate surface area is 107 Å². The van der Waals surface area contributed by atoms with Crippen LogP contribution in [0.1, 0.15) is 30.1 Å². The Bertz CT molecular complexity index is 597. The Morgan fingerprint density at radius 3 is 2.61 bits per heavy atom. The highest BCUT2D eigenvalue weighted by molar-refractivity contribution is 6.02. The van der Waals surface area contributed by atoms with E-state index in [0.29, 0.717) is 12.4 Å². The summed E-state index contributed by atoms with van der Waals surface area (Å²) in [5, 5.41) is 2.22. The lowest BCUT2D eigenvalue weighted by atomic mass is 10.0. The smallest absolute Gasteiger partial charge is 0.165 e. The number of benzene rings is 2. The van der Waals surface area contributed by atoms with Gasteiger partial charge < -0.3 is 4.74 Å². The van der Waals surface area contributed by atoms with E-state index < -0.39 is 0 Å². The molecule has 2 nitrogen and oxygen atoms in total. The van der Waals surface area contributed by atoms with Crippen LogP contribution in [0.3, 0.4) is 0 Å². The van der Waals surface area contributed by atoms with Gasteiger partial charge in [-0.25, -0.2) is 0 Å². The van der Waals surface area contributed by atoms with Crippen LogP contribution in [0.5, 0.6) is 5.75 Å². The zero-order valence-corrected chi connectivity index (χ0v) is 10.5. The topological polar surface area (TPSA) is 26.3 Å². The van der Waals surface area contributed by atoms with Crippen molar-refractivity contribution in [1.29, 1.82) is 0 Å². The van der Waals surface area contributed by atoms with Crippen LogP contribution in [0.2, 0.25) is 0 Å². The van der Waals surface area contributed by atoms with E-state index in [0.717, 1.165) is 34.9 Å². The first-order chi connectivity index (χ1) is 8.78. The van der Waals surface area contributed by atoms with E-state index in [9.17, 15) is 4.79 Å². The summed E-state index contributed by atoms with van der Waals surface area (Å²) >= 11 is 0. The molecular formula is C16H16O2. The van der Waals surface area contributed by atoms with Crippen LogP contribution < -0.4 is 4.74 Å². The summed E-state index contributed by atoms with van der Waals surface area (Å²) in [7, 11) is 0. The summed E-state index contributed by atoms with van der Waals surface area (Å²) in [6.07, 6.45) is 2.11. The number of hydrogen-bond acceptors (Lipinski definition) is 2. The summed E-state index contributed by atoms with van der Waals surface area (Å²) in [6, 6.07) is 11.9. The summed E-state index contributed by atoms with van der Waals surface area (Å²) in [4.78, 5) is 12.0. The quantitative estimate of drug-likeness (QED) is 0.759. The number of rotatable bonds is 4. The molecule has 18 heavy (non-hydrogen) atoms. The van der Waals surface area contributed by atoms with Gasteiger partial charge in [0.1, 0.15) is 5.75 Å². The fraction of sp³-hybridized carbons (Fsp3) is 0.312. The van der Waals surface area contributed by atoms with E-state index in [-0.39, 0.29) is 5.92 Å². The van der Waals surface area contributed by atoms with Gasteiger partial charge in [-0.2, -0.15) is 0 Å². The van der Waals surface area contributed by atoms with Crippen molar-refractivity contribution in [2.45, 2.75) is 19.8 Å². The van der Waals surface area contributed by atoms with Gasteiger partial charge >= 0.3 is 0 Å². The fourth-order valence-electron chi connectivity index (χ4n) is 2.21. The number of carbonyl (C=O) groups is 1. The van der Waals surface area contributed by atoms with Crippen LogP contribution in [-0.4, -0.2) is 12.4 Å². The van der Waals surface area contributed by atoms with E-state index >= 15 is 0 Å². The Hall–Kier alpha value is -1.83. The maximum atomic E-state index is 12.0. The lowest BCUT2D eigenvalue weighted by molar-refractivity contribution is 0.0968. The van der Waals surface area contributed by atoms with Crippen molar-refractivity contribution in [1.82, 2.24) is 0 Å². The highest BCUT2D eigenvalue weighted by Crippen LogP contribution is 2.33. The van der Waals surface area contributed by atoms with Gasteiger partial charge in [0.15, 0.2) is 5.78 Å². The first-order valence-corrected chi connectivity index (χ1v) is 6.49. The minimum Gasteiger partial charge on any atom is -0.494 e. The largest absolute Gasteiger partial charge is 0.494 e. The maximum Gasteiger partial charge on any atom is 0.165 e. The molecule has 0 aliphatic heterocycles. The van der Waals surface area contributed by atoms with Gasteiger partial charge in [-0.1, -0.05) is 18.2 Å². The number of Topliss-reactive ketones (excluding diaryl/α,β-unsaturated/α-hetero) is 1. The maximum absolute atomic E-state index is 12.0. The summed E-state index contributed by atoms with van der Waals surface area (Å²) < 4.78 is 5.47. The summed E-state index contributed by atoms with van der Waals surface area (Å²) in [5.74, 6) is 1.46. The summed E-state index contributed by atoms with van der Waals surface area (Å²) in [6.45, 7) is 2.64. The van der Waals surface area contributed by atoms with Crippen molar-refractivity contribution >= 4 is 16.6 Å². The average Bonchev–Trinajstić information content (AvgIpc) is 3.22. The molecule has 0 N–H and O–H groups in total. The van der Waals surface area contributed by atoms with Gasteiger partial charge in [-0.05, 0) is 48.7 Å². The molecule has 92 valence electrons. The number of ether oxygens (including phenoxy) is 1. The molecule has 2 aromatic carbocycles. The van der Waals surface area contributed by atoms with Crippen molar-refractivity contribution < 1.29 is 9.53 Å². The molecule has 0 atom stereocenters. The zero-order valence-electron chi connectivity index (χ0n) is 10.5. The number of fused-ring (bicyclic) bond motifs is 1. The molecule has 0 radical (unpaired) electrons. The Morgan fingerprint density at radius 2 is 1.89 bits per heavy atom. The standard InChI is InChI=1S/C16H16O2/c1-2-18-15-8-7-12-9-14(6-5-13(12)10-15)16(17)11-3-4-11/h5-11H,2-4H2,1H3. The molecule has 0 amide bonds. The Balaban J connectivity index is 1.97. The van der Waals surface area contributed by atoms with Crippen LogP contribution >= 0.6 is 0 Å². The number of ketones is 1. The molecule has 1 aliphatic carbocycles.